The van der Waals surface area contributed by atoms with Crippen LogP contribution < -0.4 is 10.5 Å². The van der Waals surface area contributed by atoms with Crippen LogP contribution in [0.25, 0.3) is 0 Å². The summed E-state index contributed by atoms with van der Waals surface area (Å²) in [5.41, 5.74) is 5.24. The van der Waals surface area contributed by atoms with Crippen LogP contribution in [-0.4, -0.2) is 13.4 Å². The summed E-state index contributed by atoms with van der Waals surface area (Å²) in [7, 11) is -3.86. The van der Waals surface area contributed by atoms with Gasteiger partial charge in [0, 0.05) is 6.20 Å². The van der Waals surface area contributed by atoms with E-state index in [9.17, 15) is 12.8 Å². The second-order valence-electron chi connectivity index (χ2n) is 3.50. The molecule has 1 aromatic heterocycles. The van der Waals surface area contributed by atoms with Gasteiger partial charge in [-0.15, -0.1) is 0 Å². The summed E-state index contributed by atoms with van der Waals surface area (Å²) in [5, 5.41) is 0. The zero-order chi connectivity index (χ0) is 13.2. The molecule has 0 aliphatic rings. The highest BCUT2D eigenvalue weighted by Gasteiger charge is 2.16. The van der Waals surface area contributed by atoms with E-state index in [1.54, 1.807) is 0 Å². The van der Waals surface area contributed by atoms with Crippen LogP contribution in [0.5, 0.6) is 0 Å². The maximum Gasteiger partial charge on any atom is 0.263 e. The topological polar surface area (TPSA) is 85.1 Å². The van der Waals surface area contributed by atoms with E-state index in [1.165, 1.54) is 36.4 Å². The molecule has 1 aromatic carbocycles. The fourth-order valence-electron chi connectivity index (χ4n) is 1.30. The molecule has 3 N–H and O–H groups in total. The van der Waals surface area contributed by atoms with E-state index in [4.69, 9.17) is 5.73 Å². The van der Waals surface area contributed by atoms with Crippen LogP contribution in [0.2, 0.25) is 0 Å². The van der Waals surface area contributed by atoms with Crippen molar-refractivity contribution in [1.29, 1.82) is 0 Å². The van der Waals surface area contributed by atoms with Crippen LogP contribution >= 0.6 is 0 Å². The molecule has 2 aromatic rings. The van der Waals surface area contributed by atoms with Gasteiger partial charge in [0.2, 0.25) is 0 Å². The van der Waals surface area contributed by atoms with Crippen molar-refractivity contribution in [1.82, 2.24) is 4.98 Å². The first-order valence-electron chi connectivity index (χ1n) is 4.98. The Hall–Kier alpha value is -2.15. The Morgan fingerprint density at radius 3 is 2.50 bits per heavy atom. The van der Waals surface area contributed by atoms with Crippen molar-refractivity contribution in [2.24, 2.45) is 0 Å². The van der Waals surface area contributed by atoms with Crippen molar-refractivity contribution >= 4 is 21.5 Å². The lowest BCUT2D eigenvalue weighted by Gasteiger charge is -2.08. The molecule has 0 spiro atoms. The van der Waals surface area contributed by atoms with Gasteiger partial charge >= 0.3 is 0 Å². The molecule has 0 unspecified atom stereocenters. The lowest BCUT2D eigenvalue weighted by Crippen LogP contribution is -2.14. The number of aromatic nitrogens is 1. The van der Waals surface area contributed by atoms with E-state index in [0.717, 1.165) is 6.20 Å². The van der Waals surface area contributed by atoms with Crippen LogP contribution in [0.3, 0.4) is 0 Å². The van der Waals surface area contributed by atoms with Gasteiger partial charge in [-0.05, 0) is 24.3 Å². The van der Waals surface area contributed by atoms with Gasteiger partial charge in [0.05, 0.1) is 5.69 Å². The molecule has 1 heterocycles. The number of nitrogens with one attached hydrogen (secondary N) is 1. The zero-order valence-corrected chi connectivity index (χ0v) is 9.99. The Balaban J connectivity index is 2.33. The Bertz CT molecular complexity index is 656. The number of sulfonamides is 1. The zero-order valence-electron chi connectivity index (χ0n) is 9.17. The summed E-state index contributed by atoms with van der Waals surface area (Å²) < 4.78 is 39.3. The molecular formula is C11H10FN3O2S. The smallest absolute Gasteiger partial charge is 0.263 e. The highest BCUT2D eigenvalue weighted by Crippen LogP contribution is 2.18. The van der Waals surface area contributed by atoms with Crippen molar-refractivity contribution < 1.29 is 12.8 Å². The van der Waals surface area contributed by atoms with E-state index in [1.807, 2.05) is 0 Å². The highest BCUT2D eigenvalue weighted by atomic mass is 32.2. The molecule has 0 aliphatic heterocycles. The minimum Gasteiger partial charge on any atom is -0.384 e. The first-order chi connectivity index (χ1) is 8.49. The van der Waals surface area contributed by atoms with E-state index in [2.05, 4.69) is 9.71 Å². The van der Waals surface area contributed by atoms with Gasteiger partial charge in [-0.25, -0.2) is 17.8 Å². The molecule has 5 nitrogen and oxygen atoms in total. The first kappa shape index (κ1) is 12.3. The lowest BCUT2D eigenvalue weighted by atomic mass is 10.3. The van der Waals surface area contributed by atoms with Crippen LogP contribution in [0.15, 0.2) is 47.5 Å². The van der Waals surface area contributed by atoms with Gasteiger partial charge in [0.15, 0.2) is 0 Å². The van der Waals surface area contributed by atoms with Gasteiger partial charge in [-0.2, -0.15) is 0 Å². The minimum absolute atomic E-state index is 0.0834. The van der Waals surface area contributed by atoms with E-state index >= 15 is 0 Å². The molecule has 0 radical (unpaired) electrons. The third-order valence-electron chi connectivity index (χ3n) is 2.19. The second-order valence-corrected chi connectivity index (χ2v) is 5.19. The van der Waals surface area contributed by atoms with E-state index in [0.29, 0.717) is 0 Å². The van der Waals surface area contributed by atoms with Crippen molar-refractivity contribution in [3.63, 3.8) is 0 Å². The Kier molecular flexibility index (Phi) is 3.15. The molecule has 0 atom stereocenters. The number of halogens is 1. The molecule has 0 saturated heterocycles. The minimum atomic E-state index is -3.86. The Morgan fingerprint density at radius 2 is 1.89 bits per heavy atom. The maximum atomic E-state index is 13.3. The summed E-state index contributed by atoms with van der Waals surface area (Å²) in [5.74, 6) is -0.440. The van der Waals surface area contributed by atoms with E-state index in [-0.39, 0.29) is 16.4 Å². The normalized spacial score (nSPS) is 11.2. The monoisotopic (exact) mass is 267 g/mol. The van der Waals surface area contributed by atoms with Gasteiger partial charge < -0.3 is 5.73 Å². The predicted molar refractivity (Wildman–Crippen MR) is 65.9 cm³/mol. The van der Waals surface area contributed by atoms with Crippen molar-refractivity contribution in [2.45, 2.75) is 4.90 Å². The summed E-state index contributed by atoms with van der Waals surface area (Å²) in [6.45, 7) is 0. The van der Waals surface area contributed by atoms with Gasteiger partial charge in [-0.3, -0.25) is 4.72 Å². The number of benzene rings is 1. The molecule has 0 saturated carbocycles. The SMILES string of the molecule is Nc1ccc(S(=O)(=O)Nc2ccccc2F)cn1. The van der Waals surface area contributed by atoms with Gasteiger partial charge in [0.1, 0.15) is 16.5 Å². The number of rotatable bonds is 3. The Morgan fingerprint density at radius 1 is 1.17 bits per heavy atom. The fraction of sp³-hybridized carbons (Fsp3) is 0. The average molecular weight is 267 g/mol. The number of nitrogen functional groups attached to an aromatic ring is 1. The molecular weight excluding hydrogens is 257 g/mol. The lowest BCUT2D eigenvalue weighted by molar-refractivity contribution is 0.598. The summed E-state index contributed by atoms with van der Waals surface area (Å²) in [6.07, 6.45) is 1.11. The van der Waals surface area contributed by atoms with Crippen molar-refractivity contribution in [3.05, 3.63) is 48.4 Å². The largest absolute Gasteiger partial charge is 0.384 e. The number of para-hydroxylation sites is 1. The molecule has 0 fully saturated rings. The van der Waals surface area contributed by atoms with E-state index < -0.39 is 15.8 Å². The third-order valence-corrected chi connectivity index (χ3v) is 3.54. The molecule has 18 heavy (non-hydrogen) atoms. The van der Waals surface area contributed by atoms with Gasteiger partial charge in [0.25, 0.3) is 10.0 Å². The Labute approximate surface area is 104 Å². The molecule has 94 valence electrons. The molecule has 0 aliphatic carbocycles. The quantitative estimate of drug-likeness (QED) is 0.884. The molecule has 0 bridgehead atoms. The van der Waals surface area contributed by atoms with Crippen molar-refractivity contribution in [3.8, 4) is 0 Å². The highest BCUT2D eigenvalue weighted by molar-refractivity contribution is 7.92. The molecule has 0 amide bonds. The van der Waals surface area contributed by atoms with Crippen LogP contribution in [0, 0.1) is 5.82 Å². The average Bonchev–Trinajstić information content (AvgIpc) is 2.32. The number of nitrogens with zero attached hydrogens (tertiary/aromatic N) is 1. The van der Waals surface area contributed by atoms with Crippen molar-refractivity contribution in [2.75, 3.05) is 10.5 Å². The molecule has 7 heteroatoms. The standard InChI is InChI=1S/C11H10FN3O2S/c12-9-3-1-2-4-10(9)15-18(16,17)8-5-6-11(13)14-7-8/h1-7,15H,(H2,13,14). The third kappa shape index (κ3) is 2.57. The van der Waals surface area contributed by atoms with Crippen LogP contribution in [-0.2, 0) is 10.0 Å². The number of anilines is 2. The number of pyridine rings is 1. The number of nitrogens with two attached hydrogens (primary N) is 1. The summed E-state index contributed by atoms with van der Waals surface area (Å²) in [4.78, 5) is 3.59. The molecule has 2 rings (SSSR count). The van der Waals surface area contributed by atoms with Gasteiger partial charge in [-0.1, -0.05) is 12.1 Å². The second kappa shape index (κ2) is 4.61. The predicted octanol–water partition coefficient (Wildman–Crippen LogP) is 1.60. The number of hydrogen-bond donors (Lipinski definition) is 2. The summed E-state index contributed by atoms with van der Waals surface area (Å²) >= 11 is 0. The maximum absolute atomic E-state index is 13.3. The fourth-order valence-corrected chi connectivity index (χ4v) is 2.31. The van der Waals surface area contributed by atoms with Crippen LogP contribution in [0.1, 0.15) is 0 Å². The van der Waals surface area contributed by atoms with Crippen LogP contribution in [0.4, 0.5) is 15.9 Å². The first-order valence-corrected chi connectivity index (χ1v) is 6.46. The summed E-state index contributed by atoms with van der Waals surface area (Å²) in [6, 6.07) is 8.15. The number of hydrogen-bond acceptors (Lipinski definition) is 4.